The Morgan fingerprint density at radius 3 is 2.61 bits per heavy atom. The van der Waals surface area contributed by atoms with Crippen LogP contribution in [-0.4, -0.2) is 17.5 Å². The SMILES string of the molecule is CC(c1ccccc1N)N1CCCCC1Cc1ccc(Cl)cc1. The van der Waals surface area contributed by atoms with Crippen LogP contribution in [0.15, 0.2) is 48.5 Å². The van der Waals surface area contributed by atoms with Crippen molar-refractivity contribution in [1.29, 1.82) is 0 Å². The second-order valence-electron chi connectivity index (χ2n) is 6.52. The third kappa shape index (κ3) is 3.88. The van der Waals surface area contributed by atoms with Gasteiger partial charge in [-0.1, -0.05) is 48.4 Å². The quantitative estimate of drug-likeness (QED) is 0.793. The van der Waals surface area contributed by atoms with Crippen LogP contribution >= 0.6 is 11.6 Å². The van der Waals surface area contributed by atoms with E-state index in [1.807, 2.05) is 24.3 Å². The van der Waals surface area contributed by atoms with E-state index in [0.29, 0.717) is 12.1 Å². The first-order valence-corrected chi connectivity index (χ1v) is 8.87. The molecule has 0 bridgehead atoms. The number of hydrogen-bond donors (Lipinski definition) is 1. The Kier molecular flexibility index (Phi) is 5.24. The van der Waals surface area contributed by atoms with Gasteiger partial charge in [-0.25, -0.2) is 0 Å². The average Bonchev–Trinajstić information content (AvgIpc) is 2.57. The van der Waals surface area contributed by atoms with E-state index in [2.05, 4.69) is 36.1 Å². The zero-order chi connectivity index (χ0) is 16.2. The van der Waals surface area contributed by atoms with Crippen molar-refractivity contribution < 1.29 is 0 Å². The predicted molar refractivity (Wildman–Crippen MR) is 98.8 cm³/mol. The zero-order valence-electron chi connectivity index (χ0n) is 13.7. The number of benzene rings is 2. The van der Waals surface area contributed by atoms with Crippen LogP contribution in [0, 0.1) is 0 Å². The number of nitrogens with two attached hydrogens (primary N) is 1. The van der Waals surface area contributed by atoms with Gasteiger partial charge in [0.15, 0.2) is 0 Å². The summed E-state index contributed by atoms with van der Waals surface area (Å²) in [5, 5.41) is 0.805. The molecule has 23 heavy (non-hydrogen) atoms. The predicted octanol–water partition coefficient (Wildman–Crippen LogP) is 5.08. The van der Waals surface area contributed by atoms with Crippen LogP contribution in [0.1, 0.15) is 43.4 Å². The van der Waals surface area contributed by atoms with Gasteiger partial charge in [0.2, 0.25) is 0 Å². The van der Waals surface area contributed by atoms with Crippen LogP contribution in [0.25, 0.3) is 0 Å². The van der Waals surface area contributed by atoms with Crippen molar-refractivity contribution in [1.82, 2.24) is 4.90 Å². The summed E-state index contributed by atoms with van der Waals surface area (Å²) < 4.78 is 0. The molecule has 2 nitrogen and oxygen atoms in total. The van der Waals surface area contributed by atoms with Crippen LogP contribution in [0.4, 0.5) is 5.69 Å². The number of hydrogen-bond acceptors (Lipinski definition) is 2. The first-order valence-electron chi connectivity index (χ1n) is 8.50. The Labute approximate surface area is 144 Å². The Morgan fingerprint density at radius 2 is 1.87 bits per heavy atom. The summed E-state index contributed by atoms with van der Waals surface area (Å²) in [6.45, 7) is 3.43. The normalized spacial score (nSPS) is 20.3. The van der Waals surface area contributed by atoms with Gasteiger partial charge in [-0.2, -0.15) is 0 Å². The Hall–Kier alpha value is -1.51. The second kappa shape index (κ2) is 7.37. The fourth-order valence-electron chi connectivity index (χ4n) is 3.71. The molecule has 122 valence electrons. The number of piperidine rings is 1. The molecule has 1 heterocycles. The summed E-state index contributed by atoms with van der Waals surface area (Å²) in [5.74, 6) is 0. The number of nitrogens with zero attached hydrogens (tertiary/aromatic N) is 1. The molecule has 1 aliphatic heterocycles. The van der Waals surface area contributed by atoms with E-state index >= 15 is 0 Å². The van der Waals surface area contributed by atoms with Gasteiger partial charge >= 0.3 is 0 Å². The maximum absolute atomic E-state index is 6.20. The molecule has 0 amide bonds. The lowest BCUT2D eigenvalue weighted by molar-refractivity contribution is 0.103. The maximum Gasteiger partial charge on any atom is 0.0406 e. The van der Waals surface area contributed by atoms with Crippen molar-refractivity contribution in [3.05, 3.63) is 64.7 Å². The molecular weight excluding hydrogens is 304 g/mol. The Morgan fingerprint density at radius 1 is 1.13 bits per heavy atom. The number of halogens is 1. The number of para-hydroxylation sites is 1. The van der Waals surface area contributed by atoms with E-state index in [1.165, 1.54) is 30.4 Å². The van der Waals surface area contributed by atoms with Crippen LogP contribution in [0.5, 0.6) is 0 Å². The largest absolute Gasteiger partial charge is 0.398 e. The van der Waals surface area contributed by atoms with Gasteiger partial charge in [0.25, 0.3) is 0 Å². The third-order valence-electron chi connectivity index (χ3n) is 5.00. The van der Waals surface area contributed by atoms with Gasteiger partial charge in [0.1, 0.15) is 0 Å². The molecule has 2 unspecified atom stereocenters. The Bertz CT molecular complexity index is 638. The van der Waals surface area contributed by atoms with Gasteiger partial charge in [-0.05, 0) is 62.1 Å². The lowest BCUT2D eigenvalue weighted by Crippen LogP contribution is -2.42. The Balaban J connectivity index is 1.78. The van der Waals surface area contributed by atoms with Crippen LogP contribution in [0.2, 0.25) is 5.02 Å². The van der Waals surface area contributed by atoms with Gasteiger partial charge in [0.05, 0.1) is 0 Å². The molecule has 0 radical (unpaired) electrons. The molecule has 1 saturated heterocycles. The molecule has 2 atom stereocenters. The van der Waals surface area contributed by atoms with Crippen molar-refractivity contribution in [2.24, 2.45) is 0 Å². The molecular formula is C20H25ClN2. The van der Waals surface area contributed by atoms with Crippen LogP contribution in [-0.2, 0) is 6.42 Å². The van der Waals surface area contributed by atoms with Gasteiger partial charge < -0.3 is 5.73 Å². The first kappa shape index (κ1) is 16.4. The van der Waals surface area contributed by atoms with Crippen molar-refractivity contribution in [2.45, 2.75) is 44.7 Å². The molecule has 0 saturated carbocycles. The number of anilines is 1. The summed E-state index contributed by atoms with van der Waals surface area (Å²) in [6.07, 6.45) is 4.91. The lowest BCUT2D eigenvalue weighted by Gasteiger charge is -2.40. The van der Waals surface area contributed by atoms with E-state index in [0.717, 1.165) is 23.7 Å². The maximum atomic E-state index is 6.20. The monoisotopic (exact) mass is 328 g/mol. The van der Waals surface area contributed by atoms with E-state index in [4.69, 9.17) is 17.3 Å². The number of rotatable bonds is 4. The van der Waals surface area contributed by atoms with Gasteiger partial charge in [-0.15, -0.1) is 0 Å². The van der Waals surface area contributed by atoms with E-state index in [-0.39, 0.29) is 0 Å². The summed E-state index contributed by atoms with van der Waals surface area (Å²) in [6, 6.07) is 17.5. The highest BCUT2D eigenvalue weighted by Crippen LogP contribution is 2.32. The van der Waals surface area contributed by atoms with Gasteiger partial charge in [-0.3, -0.25) is 4.90 Å². The topological polar surface area (TPSA) is 29.3 Å². The highest BCUT2D eigenvalue weighted by molar-refractivity contribution is 6.30. The molecule has 1 aliphatic rings. The third-order valence-corrected chi connectivity index (χ3v) is 5.25. The molecule has 0 aliphatic carbocycles. The molecule has 3 heteroatoms. The second-order valence-corrected chi connectivity index (χ2v) is 6.96. The van der Waals surface area contributed by atoms with Crippen LogP contribution < -0.4 is 5.73 Å². The lowest BCUT2D eigenvalue weighted by atomic mass is 9.92. The summed E-state index contributed by atoms with van der Waals surface area (Å²) in [4.78, 5) is 2.63. The van der Waals surface area contributed by atoms with Crippen molar-refractivity contribution in [3.63, 3.8) is 0 Å². The minimum absolute atomic E-state index is 0.355. The number of likely N-dealkylation sites (tertiary alicyclic amines) is 1. The molecule has 3 rings (SSSR count). The zero-order valence-corrected chi connectivity index (χ0v) is 14.5. The van der Waals surface area contributed by atoms with Crippen molar-refractivity contribution >= 4 is 17.3 Å². The summed E-state index contributed by atoms with van der Waals surface area (Å²) >= 11 is 6.01. The van der Waals surface area contributed by atoms with E-state index < -0.39 is 0 Å². The van der Waals surface area contributed by atoms with Gasteiger partial charge in [0, 0.05) is 22.8 Å². The van der Waals surface area contributed by atoms with Crippen molar-refractivity contribution in [2.75, 3.05) is 12.3 Å². The molecule has 1 fully saturated rings. The van der Waals surface area contributed by atoms with Crippen LogP contribution in [0.3, 0.4) is 0 Å². The van der Waals surface area contributed by atoms with E-state index in [1.54, 1.807) is 0 Å². The highest BCUT2D eigenvalue weighted by atomic mass is 35.5. The summed E-state index contributed by atoms with van der Waals surface area (Å²) in [5.41, 5.74) is 9.71. The summed E-state index contributed by atoms with van der Waals surface area (Å²) in [7, 11) is 0. The fourth-order valence-corrected chi connectivity index (χ4v) is 3.84. The van der Waals surface area contributed by atoms with E-state index in [9.17, 15) is 0 Å². The first-order chi connectivity index (χ1) is 11.1. The fraction of sp³-hybridized carbons (Fsp3) is 0.400. The number of nitrogen functional groups attached to an aromatic ring is 1. The smallest absolute Gasteiger partial charge is 0.0406 e. The van der Waals surface area contributed by atoms with Crippen molar-refractivity contribution in [3.8, 4) is 0 Å². The molecule has 2 N–H and O–H groups in total. The minimum Gasteiger partial charge on any atom is -0.398 e. The standard InChI is InChI=1S/C20H25ClN2/c1-15(19-7-2-3-8-20(19)22)23-13-5-4-6-18(23)14-16-9-11-17(21)12-10-16/h2-3,7-12,15,18H,4-6,13-14,22H2,1H3. The molecule has 2 aromatic rings. The average molecular weight is 329 g/mol. The molecule has 0 aromatic heterocycles. The molecule has 2 aromatic carbocycles. The molecule has 0 spiro atoms. The highest BCUT2D eigenvalue weighted by Gasteiger charge is 2.28. The minimum atomic E-state index is 0.355.